The molecule has 3 aliphatic rings. The van der Waals surface area contributed by atoms with E-state index in [0.717, 1.165) is 25.7 Å². The number of aliphatic hydroxyl groups is 1. The van der Waals surface area contributed by atoms with Crippen LogP contribution in [-0.4, -0.2) is 34.6 Å². The predicted molar refractivity (Wildman–Crippen MR) is 56.2 cm³/mol. The summed E-state index contributed by atoms with van der Waals surface area (Å²) in [7, 11) is 0. The summed E-state index contributed by atoms with van der Waals surface area (Å²) in [6, 6.07) is 0.824. The molecule has 84 valence electrons. The topological polar surface area (TPSA) is 40.5 Å². The Morgan fingerprint density at radius 1 is 1.27 bits per heavy atom. The van der Waals surface area contributed by atoms with Gasteiger partial charge in [-0.25, -0.2) is 0 Å². The largest absolute Gasteiger partial charge is 0.396 e. The molecule has 3 fully saturated rings. The highest BCUT2D eigenvalue weighted by molar-refractivity contribution is 5.78. The van der Waals surface area contributed by atoms with Crippen LogP contribution >= 0.6 is 0 Å². The molecule has 2 saturated heterocycles. The summed E-state index contributed by atoms with van der Waals surface area (Å²) in [4.78, 5) is 14.2. The Bertz CT molecular complexity index is 275. The molecule has 3 unspecified atom stereocenters. The lowest BCUT2D eigenvalue weighted by molar-refractivity contribution is -0.133. The summed E-state index contributed by atoms with van der Waals surface area (Å²) in [6.07, 6.45) is 6.59. The lowest BCUT2D eigenvalue weighted by atomic mass is 9.90. The lowest BCUT2D eigenvalue weighted by Gasteiger charge is -2.23. The molecule has 2 aliphatic heterocycles. The highest BCUT2D eigenvalue weighted by Crippen LogP contribution is 2.43. The van der Waals surface area contributed by atoms with Crippen LogP contribution in [0.2, 0.25) is 0 Å². The van der Waals surface area contributed by atoms with Crippen LogP contribution in [0, 0.1) is 11.8 Å². The Morgan fingerprint density at radius 3 is 2.67 bits per heavy atom. The molecular formula is C12H19NO2. The third-order valence-electron chi connectivity index (χ3n) is 4.35. The minimum atomic E-state index is 0.258. The van der Waals surface area contributed by atoms with Crippen molar-refractivity contribution in [3.05, 3.63) is 0 Å². The third kappa shape index (κ3) is 1.57. The quantitative estimate of drug-likeness (QED) is 0.757. The van der Waals surface area contributed by atoms with E-state index in [-0.39, 0.29) is 6.61 Å². The molecule has 3 heteroatoms. The van der Waals surface area contributed by atoms with Crippen molar-refractivity contribution in [2.45, 2.75) is 50.6 Å². The molecule has 2 heterocycles. The zero-order chi connectivity index (χ0) is 10.4. The summed E-state index contributed by atoms with van der Waals surface area (Å²) in [5.41, 5.74) is 0. The summed E-state index contributed by atoms with van der Waals surface area (Å²) in [5.74, 6) is 1.41. The number of hydrogen-bond donors (Lipinski definition) is 1. The number of amides is 1. The molecule has 1 N–H and O–H groups in total. The number of fused-ring (bicyclic) bond motifs is 2. The number of nitrogens with zero attached hydrogens (tertiary/aromatic N) is 1. The molecule has 2 bridgehead atoms. The number of aliphatic hydroxyl groups excluding tert-OH is 1. The monoisotopic (exact) mass is 209 g/mol. The van der Waals surface area contributed by atoms with Gasteiger partial charge in [0.1, 0.15) is 0 Å². The number of carbonyl (C=O) groups excluding carboxylic acids is 1. The first-order valence-corrected chi connectivity index (χ1v) is 6.21. The highest BCUT2D eigenvalue weighted by atomic mass is 16.3. The molecule has 1 amide bonds. The standard InChI is InChI=1S/C12H19NO2/c14-7-9-6-10-3-4-11(9)13(10)12(15)5-8-1-2-8/h8-11,14H,1-7H2. The Labute approximate surface area is 90.5 Å². The summed E-state index contributed by atoms with van der Waals surface area (Å²) in [5, 5.41) is 9.24. The Kier molecular flexibility index (Phi) is 2.23. The first-order chi connectivity index (χ1) is 7.29. The van der Waals surface area contributed by atoms with Gasteiger partial charge in [0.15, 0.2) is 0 Å². The van der Waals surface area contributed by atoms with Crippen molar-refractivity contribution in [3.63, 3.8) is 0 Å². The van der Waals surface area contributed by atoms with Crippen LogP contribution in [0.25, 0.3) is 0 Å². The second-order valence-corrected chi connectivity index (χ2v) is 5.43. The maximum atomic E-state index is 12.1. The van der Waals surface area contributed by atoms with E-state index in [1.807, 2.05) is 0 Å². The maximum Gasteiger partial charge on any atom is 0.223 e. The zero-order valence-electron chi connectivity index (χ0n) is 9.06. The van der Waals surface area contributed by atoms with Crippen LogP contribution in [0.3, 0.4) is 0 Å². The molecule has 3 rings (SSSR count). The van der Waals surface area contributed by atoms with Gasteiger partial charge in [0.05, 0.1) is 0 Å². The van der Waals surface area contributed by atoms with Gasteiger partial charge < -0.3 is 10.0 Å². The minimum Gasteiger partial charge on any atom is -0.396 e. The van der Waals surface area contributed by atoms with Crippen molar-refractivity contribution < 1.29 is 9.90 Å². The highest BCUT2D eigenvalue weighted by Gasteiger charge is 2.48. The molecule has 3 atom stereocenters. The van der Waals surface area contributed by atoms with Crippen LogP contribution in [0.4, 0.5) is 0 Å². The van der Waals surface area contributed by atoms with Crippen molar-refractivity contribution in [3.8, 4) is 0 Å². The van der Waals surface area contributed by atoms with E-state index in [1.54, 1.807) is 0 Å². The summed E-state index contributed by atoms with van der Waals surface area (Å²) < 4.78 is 0. The van der Waals surface area contributed by atoms with E-state index in [4.69, 9.17) is 0 Å². The average Bonchev–Trinajstić information content (AvgIpc) is 2.87. The minimum absolute atomic E-state index is 0.258. The molecule has 0 aromatic carbocycles. The zero-order valence-corrected chi connectivity index (χ0v) is 9.06. The fourth-order valence-corrected chi connectivity index (χ4v) is 3.37. The first-order valence-electron chi connectivity index (χ1n) is 6.21. The molecule has 3 nitrogen and oxygen atoms in total. The molecule has 0 radical (unpaired) electrons. The van der Waals surface area contributed by atoms with E-state index < -0.39 is 0 Å². The third-order valence-corrected chi connectivity index (χ3v) is 4.35. The van der Waals surface area contributed by atoms with E-state index in [9.17, 15) is 9.90 Å². The van der Waals surface area contributed by atoms with Gasteiger partial charge in [-0.2, -0.15) is 0 Å². The van der Waals surface area contributed by atoms with E-state index in [2.05, 4.69) is 4.90 Å². The van der Waals surface area contributed by atoms with Crippen molar-refractivity contribution in [2.24, 2.45) is 11.8 Å². The van der Waals surface area contributed by atoms with Gasteiger partial charge in [-0.05, 0) is 38.0 Å². The van der Waals surface area contributed by atoms with Crippen LogP contribution in [0.5, 0.6) is 0 Å². The summed E-state index contributed by atoms with van der Waals surface area (Å²) in [6.45, 7) is 0.258. The van der Waals surface area contributed by atoms with Crippen LogP contribution < -0.4 is 0 Å². The van der Waals surface area contributed by atoms with Crippen LogP contribution in [0.1, 0.15) is 38.5 Å². The van der Waals surface area contributed by atoms with Crippen molar-refractivity contribution >= 4 is 5.91 Å². The van der Waals surface area contributed by atoms with Crippen molar-refractivity contribution in [1.82, 2.24) is 4.90 Å². The van der Waals surface area contributed by atoms with E-state index >= 15 is 0 Å². The second-order valence-electron chi connectivity index (χ2n) is 5.43. The van der Waals surface area contributed by atoms with Crippen molar-refractivity contribution in [2.75, 3.05) is 6.61 Å². The normalized spacial score (nSPS) is 38.7. The molecule has 0 aromatic rings. The van der Waals surface area contributed by atoms with Gasteiger partial charge in [0, 0.05) is 31.0 Å². The lowest BCUT2D eigenvalue weighted by Crippen LogP contribution is -2.37. The molecule has 0 spiro atoms. The van der Waals surface area contributed by atoms with Gasteiger partial charge in [0.2, 0.25) is 5.91 Å². The van der Waals surface area contributed by atoms with Gasteiger partial charge >= 0.3 is 0 Å². The van der Waals surface area contributed by atoms with Crippen LogP contribution in [-0.2, 0) is 4.79 Å². The fraction of sp³-hybridized carbons (Fsp3) is 0.917. The van der Waals surface area contributed by atoms with Gasteiger partial charge in [-0.15, -0.1) is 0 Å². The number of rotatable bonds is 3. The van der Waals surface area contributed by atoms with Gasteiger partial charge in [0.25, 0.3) is 0 Å². The SMILES string of the molecule is O=C(CC1CC1)N1C2CCC1C(CO)C2. The molecular weight excluding hydrogens is 190 g/mol. The average molecular weight is 209 g/mol. The summed E-state index contributed by atoms with van der Waals surface area (Å²) >= 11 is 0. The fourth-order valence-electron chi connectivity index (χ4n) is 3.37. The first kappa shape index (κ1) is 9.64. The Hall–Kier alpha value is -0.570. The Morgan fingerprint density at radius 2 is 2.07 bits per heavy atom. The molecule has 0 aromatic heterocycles. The molecule has 1 saturated carbocycles. The second kappa shape index (κ2) is 3.48. The molecule has 15 heavy (non-hydrogen) atoms. The number of carbonyl (C=O) groups is 1. The van der Waals surface area contributed by atoms with Gasteiger partial charge in [-0.3, -0.25) is 4.79 Å². The van der Waals surface area contributed by atoms with E-state index in [1.165, 1.54) is 12.8 Å². The van der Waals surface area contributed by atoms with Crippen LogP contribution in [0.15, 0.2) is 0 Å². The number of hydrogen-bond acceptors (Lipinski definition) is 2. The molecule has 1 aliphatic carbocycles. The van der Waals surface area contributed by atoms with E-state index in [0.29, 0.717) is 29.8 Å². The Balaban J connectivity index is 1.68. The maximum absolute atomic E-state index is 12.1. The predicted octanol–water partition coefficient (Wildman–Crippen LogP) is 1.16. The van der Waals surface area contributed by atoms with Crippen molar-refractivity contribution in [1.29, 1.82) is 0 Å². The smallest absolute Gasteiger partial charge is 0.223 e. The van der Waals surface area contributed by atoms with Gasteiger partial charge in [-0.1, -0.05) is 0 Å².